The van der Waals surface area contributed by atoms with Crippen molar-refractivity contribution in [1.82, 2.24) is 0 Å². The maximum absolute atomic E-state index is 6.24. The Morgan fingerprint density at radius 2 is 1.47 bits per heavy atom. The third-order valence-corrected chi connectivity index (χ3v) is 6.15. The van der Waals surface area contributed by atoms with Gasteiger partial charge in [0.1, 0.15) is 5.75 Å². The molecule has 1 unspecified atom stereocenters. The average molecular weight is 460 g/mol. The fourth-order valence-electron chi connectivity index (χ4n) is 4.34. The van der Waals surface area contributed by atoms with Crippen LogP contribution in [0.25, 0.3) is 0 Å². The van der Waals surface area contributed by atoms with Gasteiger partial charge in [0.05, 0.1) is 12.6 Å². The van der Waals surface area contributed by atoms with Crippen LogP contribution in [0.3, 0.4) is 0 Å². The number of hydrogen-bond donors (Lipinski definition) is 1. The molecule has 3 aromatic carbocycles. The monoisotopic (exact) mass is 459 g/mol. The van der Waals surface area contributed by atoms with Crippen LogP contribution in [0.4, 0.5) is 17.1 Å². The zero-order chi connectivity index (χ0) is 24.5. The second-order valence-corrected chi connectivity index (χ2v) is 9.02. The number of hydrogen-bond acceptors (Lipinski definition) is 4. The number of anilines is 3. The molecule has 0 aliphatic heterocycles. The predicted molar refractivity (Wildman–Crippen MR) is 148 cm³/mol. The molecule has 0 spiro atoms. The number of ether oxygens (including phenoxy) is 1. The van der Waals surface area contributed by atoms with Crippen LogP contribution in [0, 0.1) is 6.92 Å². The van der Waals surface area contributed by atoms with Gasteiger partial charge in [-0.3, -0.25) is 0 Å². The van der Waals surface area contributed by atoms with Crippen LogP contribution in [-0.2, 0) is 0 Å². The normalized spacial score (nSPS) is 11.7. The topological polar surface area (TPSA) is 27.7 Å². The van der Waals surface area contributed by atoms with E-state index < -0.39 is 0 Å². The molecule has 3 aromatic rings. The molecule has 4 heteroatoms. The summed E-state index contributed by atoms with van der Waals surface area (Å²) in [6.45, 7) is 11.4. The molecule has 0 fully saturated rings. The van der Waals surface area contributed by atoms with Gasteiger partial charge in [-0.05, 0) is 62.1 Å². The van der Waals surface area contributed by atoms with Gasteiger partial charge in [0.2, 0.25) is 0 Å². The fraction of sp³-hybridized carbons (Fsp3) is 0.400. The highest BCUT2D eigenvalue weighted by molar-refractivity contribution is 5.61. The van der Waals surface area contributed by atoms with E-state index in [0.29, 0.717) is 6.61 Å². The molecule has 0 saturated carbocycles. The van der Waals surface area contributed by atoms with Crippen molar-refractivity contribution in [2.45, 2.75) is 46.6 Å². The van der Waals surface area contributed by atoms with Gasteiger partial charge in [0.15, 0.2) is 0 Å². The van der Waals surface area contributed by atoms with E-state index in [1.54, 1.807) is 0 Å². The molecule has 0 saturated heterocycles. The van der Waals surface area contributed by atoms with Gasteiger partial charge in [-0.1, -0.05) is 50.2 Å². The van der Waals surface area contributed by atoms with Crippen LogP contribution in [0.2, 0.25) is 0 Å². The lowest BCUT2D eigenvalue weighted by Crippen LogP contribution is -2.25. The van der Waals surface area contributed by atoms with Crippen LogP contribution < -0.4 is 19.9 Å². The molecule has 0 bridgehead atoms. The molecule has 0 heterocycles. The minimum atomic E-state index is -0.0290. The largest absolute Gasteiger partial charge is 0.493 e. The number of para-hydroxylation sites is 1. The number of nitrogens with zero attached hydrogens (tertiary/aromatic N) is 2. The Morgan fingerprint density at radius 3 is 2.06 bits per heavy atom. The van der Waals surface area contributed by atoms with Gasteiger partial charge in [0, 0.05) is 55.9 Å². The van der Waals surface area contributed by atoms with E-state index in [9.17, 15) is 0 Å². The Balaban J connectivity index is 2.08. The van der Waals surface area contributed by atoms with Crippen molar-refractivity contribution in [2.24, 2.45) is 0 Å². The molecular formula is C30H41N3O. The van der Waals surface area contributed by atoms with Gasteiger partial charge in [-0.15, -0.1) is 0 Å². The van der Waals surface area contributed by atoms with Gasteiger partial charge >= 0.3 is 0 Å². The zero-order valence-corrected chi connectivity index (χ0v) is 21.8. The van der Waals surface area contributed by atoms with E-state index >= 15 is 0 Å². The first kappa shape index (κ1) is 25.5. The summed E-state index contributed by atoms with van der Waals surface area (Å²) in [6, 6.07) is 24.0. The third kappa shape index (κ3) is 6.25. The summed E-state index contributed by atoms with van der Waals surface area (Å²) in [5.41, 5.74) is 7.14. The van der Waals surface area contributed by atoms with Gasteiger partial charge < -0.3 is 19.9 Å². The Labute approximate surface area is 206 Å². The molecule has 1 N–H and O–H groups in total. The third-order valence-electron chi connectivity index (χ3n) is 6.15. The predicted octanol–water partition coefficient (Wildman–Crippen LogP) is 7.29. The summed E-state index contributed by atoms with van der Waals surface area (Å²) < 4.78 is 6.24. The van der Waals surface area contributed by atoms with E-state index in [0.717, 1.165) is 42.9 Å². The second kappa shape index (κ2) is 12.4. The Bertz CT molecular complexity index is 1020. The average Bonchev–Trinajstić information content (AvgIpc) is 2.84. The standard InChI is InChI=1S/C30H41N3O/c1-7-20-33(21-8-2)26-18-19-27(29(22-26)34-9-3)30(31-28-13-11-10-12-23(28)4)24-14-16-25(17-15-24)32(5)6/h10-19,22,30-31H,7-9,20-21H2,1-6H3. The summed E-state index contributed by atoms with van der Waals surface area (Å²) in [5, 5.41) is 3.82. The Hall–Kier alpha value is -3.14. The molecule has 3 rings (SSSR count). The second-order valence-electron chi connectivity index (χ2n) is 9.02. The summed E-state index contributed by atoms with van der Waals surface area (Å²) in [4.78, 5) is 4.59. The summed E-state index contributed by atoms with van der Waals surface area (Å²) in [5.74, 6) is 0.944. The van der Waals surface area contributed by atoms with Crippen molar-refractivity contribution >= 4 is 17.1 Å². The van der Waals surface area contributed by atoms with E-state index in [-0.39, 0.29) is 6.04 Å². The van der Waals surface area contributed by atoms with Crippen molar-refractivity contribution in [2.75, 3.05) is 48.9 Å². The molecule has 34 heavy (non-hydrogen) atoms. The van der Waals surface area contributed by atoms with Gasteiger partial charge in [-0.2, -0.15) is 0 Å². The molecule has 0 aromatic heterocycles. The summed E-state index contributed by atoms with van der Waals surface area (Å²) in [6.07, 6.45) is 2.25. The summed E-state index contributed by atoms with van der Waals surface area (Å²) >= 11 is 0. The maximum atomic E-state index is 6.24. The highest BCUT2D eigenvalue weighted by Crippen LogP contribution is 2.37. The van der Waals surface area contributed by atoms with E-state index in [2.05, 4.69) is 124 Å². The first-order chi connectivity index (χ1) is 16.5. The lowest BCUT2D eigenvalue weighted by Gasteiger charge is -2.28. The van der Waals surface area contributed by atoms with E-state index in [4.69, 9.17) is 4.74 Å². The highest BCUT2D eigenvalue weighted by atomic mass is 16.5. The smallest absolute Gasteiger partial charge is 0.126 e. The van der Waals surface area contributed by atoms with Crippen molar-refractivity contribution in [3.8, 4) is 5.75 Å². The van der Waals surface area contributed by atoms with E-state index in [1.807, 2.05) is 0 Å². The number of aryl methyl sites for hydroxylation is 1. The van der Waals surface area contributed by atoms with Crippen LogP contribution in [0.5, 0.6) is 5.75 Å². The molecule has 182 valence electrons. The molecule has 0 aliphatic carbocycles. The van der Waals surface area contributed by atoms with Crippen molar-refractivity contribution in [1.29, 1.82) is 0 Å². The van der Waals surface area contributed by atoms with E-state index in [1.165, 1.54) is 22.5 Å². The van der Waals surface area contributed by atoms with Crippen LogP contribution in [0.1, 0.15) is 56.3 Å². The number of rotatable bonds is 12. The Morgan fingerprint density at radius 1 is 0.824 bits per heavy atom. The lowest BCUT2D eigenvalue weighted by molar-refractivity contribution is 0.336. The molecular weight excluding hydrogens is 418 g/mol. The van der Waals surface area contributed by atoms with Crippen molar-refractivity contribution in [3.05, 3.63) is 83.4 Å². The molecule has 0 aliphatic rings. The van der Waals surface area contributed by atoms with Crippen molar-refractivity contribution in [3.63, 3.8) is 0 Å². The SMILES string of the molecule is CCCN(CCC)c1ccc(C(Nc2ccccc2C)c2ccc(N(C)C)cc2)c(OCC)c1. The first-order valence-corrected chi connectivity index (χ1v) is 12.6. The highest BCUT2D eigenvalue weighted by Gasteiger charge is 2.21. The van der Waals surface area contributed by atoms with Gasteiger partial charge in [0.25, 0.3) is 0 Å². The van der Waals surface area contributed by atoms with Crippen LogP contribution in [0.15, 0.2) is 66.7 Å². The zero-order valence-electron chi connectivity index (χ0n) is 21.8. The van der Waals surface area contributed by atoms with Crippen LogP contribution >= 0.6 is 0 Å². The molecule has 0 radical (unpaired) electrons. The van der Waals surface area contributed by atoms with Crippen molar-refractivity contribution < 1.29 is 4.74 Å². The summed E-state index contributed by atoms with van der Waals surface area (Å²) in [7, 11) is 4.14. The lowest BCUT2D eigenvalue weighted by atomic mass is 9.96. The minimum absolute atomic E-state index is 0.0290. The maximum Gasteiger partial charge on any atom is 0.126 e. The van der Waals surface area contributed by atoms with Gasteiger partial charge in [-0.25, -0.2) is 0 Å². The minimum Gasteiger partial charge on any atom is -0.493 e. The number of benzene rings is 3. The fourth-order valence-corrected chi connectivity index (χ4v) is 4.34. The molecule has 0 amide bonds. The molecule has 4 nitrogen and oxygen atoms in total. The van der Waals surface area contributed by atoms with Crippen LogP contribution in [-0.4, -0.2) is 33.8 Å². The quantitative estimate of drug-likeness (QED) is 0.308. The first-order valence-electron chi connectivity index (χ1n) is 12.6. The molecule has 1 atom stereocenters. The number of nitrogens with one attached hydrogen (secondary N) is 1. The Kier molecular flexibility index (Phi) is 9.26.